The number of pyridine rings is 1. The van der Waals surface area contributed by atoms with E-state index in [4.69, 9.17) is 25.8 Å². The first-order chi connectivity index (χ1) is 16.5. The van der Waals surface area contributed by atoms with Gasteiger partial charge in [-0.25, -0.2) is 9.37 Å². The van der Waals surface area contributed by atoms with Crippen molar-refractivity contribution in [2.75, 3.05) is 38.3 Å². The molecule has 1 aliphatic heterocycles. The lowest BCUT2D eigenvalue weighted by atomic mass is 10.0. The molecule has 1 aromatic carbocycles. The van der Waals surface area contributed by atoms with Crippen LogP contribution in [0.1, 0.15) is 37.6 Å². The predicted octanol–water partition coefficient (Wildman–Crippen LogP) is 4.40. The molecule has 3 aromatic rings. The molecule has 0 spiro atoms. The fraction of sp³-hybridized carbons (Fsp3) is 0.458. The molecule has 8 nitrogen and oxygen atoms in total. The second-order valence-electron chi connectivity index (χ2n) is 8.21. The van der Waals surface area contributed by atoms with E-state index < -0.39 is 0 Å². The van der Waals surface area contributed by atoms with Crippen LogP contribution in [0.25, 0.3) is 5.69 Å². The summed E-state index contributed by atoms with van der Waals surface area (Å²) >= 11 is 6.32. The Morgan fingerprint density at radius 1 is 1.29 bits per heavy atom. The van der Waals surface area contributed by atoms with E-state index in [1.54, 1.807) is 25.4 Å². The van der Waals surface area contributed by atoms with Gasteiger partial charge in [-0.3, -0.25) is 4.57 Å². The smallest absolute Gasteiger partial charge is 0.232 e. The Balaban J connectivity index is 1.63. The van der Waals surface area contributed by atoms with Crippen molar-refractivity contribution in [3.63, 3.8) is 0 Å². The standard InChI is InChI=1S/C24H29ClFN5O3/c1-4-30(13-16(2)20-7-5-17(26)11-21(20)25)24-29-28-22(15-34-19-9-10-33-14-19)31(24)18-6-8-23(32-3)27-12-18/h5-8,11-12,16,19H,4,9-10,13-15H2,1-3H3. The van der Waals surface area contributed by atoms with Crippen molar-refractivity contribution in [2.45, 2.75) is 38.9 Å². The van der Waals surface area contributed by atoms with Crippen LogP contribution in [-0.2, 0) is 16.1 Å². The van der Waals surface area contributed by atoms with Crippen molar-refractivity contribution in [3.05, 3.63) is 58.8 Å². The zero-order valence-corrected chi connectivity index (χ0v) is 20.3. The number of halogens is 2. The Hall–Kier alpha value is -2.75. The van der Waals surface area contributed by atoms with Crippen LogP contribution in [0, 0.1) is 5.82 Å². The Labute approximate surface area is 203 Å². The number of likely N-dealkylation sites (N-methyl/N-ethyl adjacent to an activating group) is 1. The summed E-state index contributed by atoms with van der Waals surface area (Å²) in [6.45, 7) is 6.99. The van der Waals surface area contributed by atoms with E-state index in [9.17, 15) is 4.39 Å². The Morgan fingerprint density at radius 2 is 2.15 bits per heavy atom. The summed E-state index contributed by atoms with van der Waals surface area (Å²) in [5, 5.41) is 9.37. The molecule has 0 amide bonds. The molecule has 3 heterocycles. The molecule has 2 aromatic heterocycles. The van der Waals surface area contributed by atoms with Crippen LogP contribution in [0.3, 0.4) is 0 Å². The van der Waals surface area contributed by atoms with Crippen LogP contribution in [0.2, 0.25) is 5.02 Å². The van der Waals surface area contributed by atoms with Crippen molar-refractivity contribution in [2.24, 2.45) is 0 Å². The molecule has 1 aliphatic rings. The molecule has 0 N–H and O–H groups in total. The van der Waals surface area contributed by atoms with E-state index in [1.165, 1.54) is 12.1 Å². The second-order valence-corrected chi connectivity index (χ2v) is 8.62. The van der Waals surface area contributed by atoms with Crippen LogP contribution in [0.4, 0.5) is 10.3 Å². The maximum Gasteiger partial charge on any atom is 0.232 e. The van der Waals surface area contributed by atoms with Gasteiger partial charge in [0.05, 0.1) is 31.7 Å². The van der Waals surface area contributed by atoms with Gasteiger partial charge < -0.3 is 19.1 Å². The fourth-order valence-electron chi connectivity index (χ4n) is 4.01. The average Bonchev–Trinajstić information content (AvgIpc) is 3.51. The summed E-state index contributed by atoms with van der Waals surface area (Å²) < 4.78 is 32.1. The van der Waals surface area contributed by atoms with E-state index in [0.717, 1.165) is 17.7 Å². The van der Waals surface area contributed by atoms with Crippen LogP contribution >= 0.6 is 11.6 Å². The quantitative estimate of drug-likeness (QED) is 0.418. The lowest BCUT2D eigenvalue weighted by Crippen LogP contribution is -2.30. The van der Waals surface area contributed by atoms with Gasteiger partial charge in [0.2, 0.25) is 11.8 Å². The highest BCUT2D eigenvalue weighted by atomic mass is 35.5. The Morgan fingerprint density at radius 3 is 2.79 bits per heavy atom. The molecule has 10 heteroatoms. The van der Waals surface area contributed by atoms with Crippen molar-refractivity contribution < 1.29 is 18.6 Å². The van der Waals surface area contributed by atoms with Gasteiger partial charge in [-0.15, -0.1) is 10.2 Å². The van der Waals surface area contributed by atoms with Crippen LogP contribution in [0.5, 0.6) is 5.88 Å². The maximum atomic E-state index is 13.5. The van der Waals surface area contributed by atoms with Gasteiger partial charge in [0.15, 0.2) is 5.82 Å². The fourth-order valence-corrected chi connectivity index (χ4v) is 4.37. The van der Waals surface area contributed by atoms with Crippen LogP contribution in [0.15, 0.2) is 36.5 Å². The molecule has 1 fully saturated rings. The number of ether oxygens (including phenoxy) is 3. The number of hydrogen-bond acceptors (Lipinski definition) is 7. The maximum absolute atomic E-state index is 13.5. The van der Waals surface area contributed by atoms with E-state index in [-0.39, 0.29) is 17.8 Å². The summed E-state index contributed by atoms with van der Waals surface area (Å²) in [4.78, 5) is 6.47. The SMILES string of the molecule is CCN(CC(C)c1ccc(F)cc1Cl)c1nnc(COC2CCOC2)n1-c1ccc(OC)nc1. The van der Waals surface area contributed by atoms with E-state index in [2.05, 4.69) is 33.9 Å². The molecule has 1 saturated heterocycles. The number of benzene rings is 1. The Bertz CT molecular complexity index is 1090. The van der Waals surface area contributed by atoms with E-state index in [1.807, 2.05) is 10.6 Å². The first kappa shape index (κ1) is 24.4. The van der Waals surface area contributed by atoms with Gasteiger partial charge >= 0.3 is 0 Å². The van der Waals surface area contributed by atoms with Crippen molar-refractivity contribution in [1.82, 2.24) is 19.7 Å². The molecule has 34 heavy (non-hydrogen) atoms. The number of hydrogen-bond donors (Lipinski definition) is 0. The minimum Gasteiger partial charge on any atom is -0.481 e. The summed E-state index contributed by atoms with van der Waals surface area (Å²) in [5.41, 5.74) is 1.68. The summed E-state index contributed by atoms with van der Waals surface area (Å²) in [6, 6.07) is 8.22. The predicted molar refractivity (Wildman–Crippen MR) is 127 cm³/mol. The third-order valence-electron chi connectivity index (χ3n) is 5.89. The number of methoxy groups -OCH3 is 1. The van der Waals surface area contributed by atoms with Gasteiger partial charge in [-0.05, 0) is 37.1 Å². The summed E-state index contributed by atoms with van der Waals surface area (Å²) in [7, 11) is 1.58. The summed E-state index contributed by atoms with van der Waals surface area (Å²) in [6.07, 6.45) is 2.63. The van der Waals surface area contributed by atoms with Gasteiger partial charge in [0, 0.05) is 36.7 Å². The Kier molecular flexibility index (Phi) is 7.97. The monoisotopic (exact) mass is 489 g/mol. The highest BCUT2D eigenvalue weighted by Crippen LogP contribution is 2.29. The lowest BCUT2D eigenvalue weighted by Gasteiger charge is -2.26. The zero-order valence-electron chi connectivity index (χ0n) is 19.6. The average molecular weight is 490 g/mol. The molecule has 0 aliphatic carbocycles. The highest BCUT2D eigenvalue weighted by molar-refractivity contribution is 6.31. The second kappa shape index (κ2) is 11.1. The minimum absolute atomic E-state index is 0.0301. The minimum atomic E-state index is -0.350. The first-order valence-corrected chi connectivity index (χ1v) is 11.7. The topological polar surface area (TPSA) is 74.5 Å². The highest BCUT2D eigenvalue weighted by Gasteiger charge is 2.24. The van der Waals surface area contributed by atoms with Crippen molar-refractivity contribution in [1.29, 1.82) is 0 Å². The molecule has 0 bridgehead atoms. The van der Waals surface area contributed by atoms with Crippen LogP contribution < -0.4 is 9.64 Å². The van der Waals surface area contributed by atoms with Gasteiger partial charge in [-0.1, -0.05) is 24.6 Å². The zero-order chi connectivity index (χ0) is 24.1. The van der Waals surface area contributed by atoms with Crippen LogP contribution in [-0.4, -0.2) is 59.3 Å². The number of anilines is 1. The molecule has 2 atom stereocenters. The molecule has 182 valence electrons. The largest absolute Gasteiger partial charge is 0.481 e. The molecule has 0 saturated carbocycles. The van der Waals surface area contributed by atoms with Gasteiger partial charge in [0.1, 0.15) is 12.4 Å². The third kappa shape index (κ3) is 5.48. The summed E-state index contributed by atoms with van der Waals surface area (Å²) in [5.74, 6) is 1.53. The molecule has 2 unspecified atom stereocenters. The van der Waals surface area contributed by atoms with Crippen molar-refractivity contribution in [3.8, 4) is 11.6 Å². The molecule has 0 radical (unpaired) electrons. The number of nitrogens with zero attached hydrogens (tertiary/aromatic N) is 5. The van der Waals surface area contributed by atoms with Crippen molar-refractivity contribution >= 4 is 17.5 Å². The van der Waals surface area contributed by atoms with Gasteiger partial charge in [0.25, 0.3) is 0 Å². The molecule has 4 rings (SSSR count). The van der Waals surface area contributed by atoms with Gasteiger partial charge in [-0.2, -0.15) is 0 Å². The molecular weight excluding hydrogens is 461 g/mol. The number of rotatable bonds is 10. The number of aromatic nitrogens is 4. The lowest BCUT2D eigenvalue weighted by molar-refractivity contribution is 0.0277. The van der Waals surface area contributed by atoms with E-state index >= 15 is 0 Å². The normalized spacial score (nSPS) is 16.6. The first-order valence-electron chi connectivity index (χ1n) is 11.3. The molecular formula is C24H29ClFN5O3. The third-order valence-corrected chi connectivity index (χ3v) is 6.22. The van der Waals surface area contributed by atoms with E-state index in [0.29, 0.717) is 55.6 Å².